The Kier molecular flexibility index (Phi) is 9.24. The normalized spacial score (nSPS) is 15.2. The van der Waals surface area contributed by atoms with Crippen LogP contribution in [0.25, 0.3) is 0 Å². The third-order valence-electron chi connectivity index (χ3n) is 5.07. The maximum Gasteiger partial charge on any atom is 0.191 e. The molecule has 7 heteroatoms. The molecule has 2 aromatic rings. The van der Waals surface area contributed by atoms with Crippen LogP contribution in [0.1, 0.15) is 30.9 Å². The molecule has 2 N–H and O–H groups in total. The first-order valence-corrected chi connectivity index (χ1v) is 9.90. The number of benzene rings is 1. The summed E-state index contributed by atoms with van der Waals surface area (Å²) in [7, 11) is 4.33. The van der Waals surface area contributed by atoms with Gasteiger partial charge in [-0.05, 0) is 57.0 Å². The quantitative estimate of drug-likeness (QED) is 0.319. The Morgan fingerprint density at radius 3 is 2.57 bits per heavy atom. The molecule has 0 saturated heterocycles. The van der Waals surface area contributed by atoms with E-state index >= 15 is 0 Å². The number of nitrogens with zero attached hydrogens (tertiary/aromatic N) is 4. The van der Waals surface area contributed by atoms with E-state index in [9.17, 15) is 0 Å². The minimum atomic E-state index is 0. The van der Waals surface area contributed by atoms with Crippen molar-refractivity contribution in [2.24, 2.45) is 10.9 Å². The summed E-state index contributed by atoms with van der Waals surface area (Å²) in [5.74, 6) is 1.71. The molecule has 1 aliphatic rings. The summed E-state index contributed by atoms with van der Waals surface area (Å²) in [5, 5.41) is 11.2. The molecule has 1 unspecified atom stereocenters. The van der Waals surface area contributed by atoms with E-state index in [2.05, 4.69) is 65.9 Å². The molecule has 0 bridgehead atoms. The lowest BCUT2D eigenvalue weighted by Crippen LogP contribution is -2.46. The molecular formula is C21H33IN6. The summed E-state index contributed by atoms with van der Waals surface area (Å²) in [6.07, 6.45) is 6.50. The zero-order chi connectivity index (χ0) is 19.1. The third-order valence-corrected chi connectivity index (χ3v) is 5.07. The number of nitrogens with one attached hydrogen (secondary N) is 2. The molecule has 0 spiro atoms. The number of aliphatic imine (C=N–C) groups is 1. The predicted molar refractivity (Wildman–Crippen MR) is 126 cm³/mol. The first-order chi connectivity index (χ1) is 13.2. The van der Waals surface area contributed by atoms with Crippen LogP contribution < -0.4 is 10.6 Å². The van der Waals surface area contributed by atoms with Crippen LogP contribution in [-0.4, -0.2) is 53.9 Å². The molecule has 1 atom stereocenters. The standard InChI is InChI=1S/C21H32N6.HI/c1-4-22-21(24-15-20(26(2)3)17-10-11-17)23-14-18-8-5-6-9-19(18)16-27-13-7-12-25-27;/h5-9,12-13,17,20H,4,10-11,14-16H2,1-3H3,(H2,22,23,24);1H. The van der Waals surface area contributed by atoms with Crippen LogP contribution in [0.5, 0.6) is 0 Å². The Labute approximate surface area is 185 Å². The third kappa shape index (κ3) is 6.77. The smallest absolute Gasteiger partial charge is 0.191 e. The van der Waals surface area contributed by atoms with Gasteiger partial charge in [0.15, 0.2) is 5.96 Å². The average Bonchev–Trinajstić information content (AvgIpc) is 3.36. The molecule has 0 radical (unpaired) electrons. The fraction of sp³-hybridized carbons (Fsp3) is 0.524. The van der Waals surface area contributed by atoms with E-state index in [0.717, 1.165) is 31.5 Å². The summed E-state index contributed by atoms with van der Waals surface area (Å²) >= 11 is 0. The molecule has 1 aliphatic carbocycles. The van der Waals surface area contributed by atoms with Gasteiger partial charge >= 0.3 is 0 Å². The van der Waals surface area contributed by atoms with Gasteiger partial charge in [0.2, 0.25) is 0 Å². The minimum Gasteiger partial charge on any atom is -0.357 e. The van der Waals surface area contributed by atoms with Crippen LogP contribution in [-0.2, 0) is 13.1 Å². The van der Waals surface area contributed by atoms with Crippen LogP contribution in [0.3, 0.4) is 0 Å². The number of halogens is 1. The zero-order valence-corrected chi connectivity index (χ0v) is 19.5. The van der Waals surface area contributed by atoms with Gasteiger partial charge in [0, 0.05) is 31.5 Å². The maximum atomic E-state index is 4.83. The molecule has 3 rings (SSSR count). The predicted octanol–water partition coefficient (Wildman–Crippen LogP) is 2.94. The Hall–Kier alpha value is -1.61. The van der Waals surface area contributed by atoms with Crippen LogP contribution in [0.15, 0.2) is 47.7 Å². The van der Waals surface area contributed by atoms with Gasteiger partial charge < -0.3 is 15.5 Å². The molecule has 0 amide bonds. The topological polar surface area (TPSA) is 57.5 Å². The first kappa shape index (κ1) is 22.7. The van der Waals surface area contributed by atoms with Gasteiger partial charge in [0.05, 0.1) is 13.1 Å². The minimum absolute atomic E-state index is 0. The molecule has 154 valence electrons. The van der Waals surface area contributed by atoms with Gasteiger partial charge in [0.25, 0.3) is 0 Å². The molecule has 6 nitrogen and oxygen atoms in total. The number of hydrogen-bond acceptors (Lipinski definition) is 3. The zero-order valence-electron chi connectivity index (χ0n) is 17.1. The van der Waals surface area contributed by atoms with Gasteiger partial charge in [-0.25, -0.2) is 4.99 Å². The summed E-state index contributed by atoms with van der Waals surface area (Å²) in [6.45, 7) is 5.32. The van der Waals surface area contributed by atoms with E-state index in [-0.39, 0.29) is 24.0 Å². The number of hydrogen-bond donors (Lipinski definition) is 2. The average molecular weight is 496 g/mol. The van der Waals surface area contributed by atoms with Crippen LogP contribution in [0.2, 0.25) is 0 Å². The Bertz CT molecular complexity index is 722. The summed E-state index contributed by atoms with van der Waals surface area (Å²) in [5.41, 5.74) is 2.49. The summed E-state index contributed by atoms with van der Waals surface area (Å²) in [6, 6.07) is 11.0. The molecule has 1 heterocycles. The van der Waals surface area contributed by atoms with Crippen molar-refractivity contribution in [1.29, 1.82) is 0 Å². The van der Waals surface area contributed by atoms with Crippen molar-refractivity contribution in [3.63, 3.8) is 0 Å². The molecule has 0 aliphatic heterocycles. The lowest BCUT2D eigenvalue weighted by molar-refractivity contribution is 0.264. The van der Waals surface area contributed by atoms with Crippen molar-refractivity contribution >= 4 is 29.9 Å². The number of rotatable bonds is 9. The Balaban J connectivity index is 0.00000280. The second-order valence-corrected chi connectivity index (χ2v) is 7.42. The van der Waals surface area contributed by atoms with Gasteiger partial charge in [-0.3, -0.25) is 4.68 Å². The fourth-order valence-electron chi connectivity index (χ4n) is 3.39. The van der Waals surface area contributed by atoms with E-state index in [0.29, 0.717) is 12.6 Å². The van der Waals surface area contributed by atoms with Crippen molar-refractivity contribution in [2.75, 3.05) is 27.2 Å². The highest BCUT2D eigenvalue weighted by Gasteiger charge is 2.32. The van der Waals surface area contributed by atoms with Crippen molar-refractivity contribution in [3.8, 4) is 0 Å². The molecule has 1 saturated carbocycles. The highest BCUT2D eigenvalue weighted by atomic mass is 127. The maximum absolute atomic E-state index is 4.83. The van der Waals surface area contributed by atoms with Crippen LogP contribution >= 0.6 is 24.0 Å². The summed E-state index contributed by atoms with van der Waals surface area (Å²) < 4.78 is 1.95. The Morgan fingerprint density at radius 1 is 1.21 bits per heavy atom. The van der Waals surface area contributed by atoms with Crippen molar-refractivity contribution < 1.29 is 0 Å². The monoisotopic (exact) mass is 496 g/mol. The number of aromatic nitrogens is 2. The number of guanidine groups is 1. The Morgan fingerprint density at radius 2 is 1.96 bits per heavy atom. The van der Waals surface area contributed by atoms with Crippen molar-refractivity contribution in [3.05, 3.63) is 53.9 Å². The van der Waals surface area contributed by atoms with Gasteiger partial charge in [-0.1, -0.05) is 24.3 Å². The SMILES string of the molecule is CCNC(=NCc1ccccc1Cn1cccn1)NCC(C1CC1)N(C)C.I. The lowest BCUT2D eigenvalue weighted by Gasteiger charge is -2.25. The van der Waals surface area contributed by atoms with Crippen LogP contribution in [0.4, 0.5) is 0 Å². The van der Waals surface area contributed by atoms with Crippen LogP contribution in [0, 0.1) is 5.92 Å². The van der Waals surface area contributed by atoms with E-state index < -0.39 is 0 Å². The van der Waals surface area contributed by atoms with Gasteiger partial charge in [-0.15, -0.1) is 24.0 Å². The largest absolute Gasteiger partial charge is 0.357 e. The number of likely N-dealkylation sites (N-methyl/N-ethyl adjacent to an activating group) is 1. The van der Waals surface area contributed by atoms with Gasteiger partial charge in [0.1, 0.15) is 0 Å². The lowest BCUT2D eigenvalue weighted by atomic mass is 10.1. The van der Waals surface area contributed by atoms with Gasteiger partial charge in [-0.2, -0.15) is 5.10 Å². The molecule has 1 fully saturated rings. The second-order valence-electron chi connectivity index (χ2n) is 7.42. The second kappa shape index (κ2) is 11.4. The van der Waals surface area contributed by atoms with E-state index in [1.165, 1.54) is 24.0 Å². The molecular weight excluding hydrogens is 463 g/mol. The van der Waals surface area contributed by atoms with E-state index in [4.69, 9.17) is 4.99 Å². The van der Waals surface area contributed by atoms with Crippen molar-refractivity contribution in [1.82, 2.24) is 25.3 Å². The van der Waals surface area contributed by atoms with E-state index in [1.807, 2.05) is 23.1 Å². The highest BCUT2D eigenvalue weighted by molar-refractivity contribution is 14.0. The molecule has 28 heavy (non-hydrogen) atoms. The first-order valence-electron chi connectivity index (χ1n) is 9.90. The fourth-order valence-corrected chi connectivity index (χ4v) is 3.39. The molecule has 1 aromatic carbocycles. The highest BCUT2D eigenvalue weighted by Crippen LogP contribution is 2.34. The molecule has 1 aromatic heterocycles. The van der Waals surface area contributed by atoms with E-state index in [1.54, 1.807) is 0 Å². The summed E-state index contributed by atoms with van der Waals surface area (Å²) in [4.78, 5) is 7.16. The van der Waals surface area contributed by atoms with Crippen molar-refractivity contribution in [2.45, 2.75) is 38.9 Å².